The molecule has 1 aliphatic heterocycles. The number of carbonyl (C=O) groups excluding carboxylic acids is 1. The Labute approximate surface area is 245 Å². The van der Waals surface area contributed by atoms with E-state index in [1.165, 1.54) is 11.3 Å². The summed E-state index contributed by atoms with van der Waals surface area (Å²) in [5, 5.41) is 2.74. The van der Waals surface area contributed by atoms with E-state index in [1.807, 2.05) is 109 Å². The summed E-state index contributed by atoms with van der Waals surface area (Å²) in [5.74, 6) is -0.168. The molecule has 0 spiro atoms. The van der Waals surface area contributed by atoms with Crippen LogP contribution in [0, 0.1) is 0 Å². The zero-order chi connectivity index (χ0) is 28.3. The predicted molar refractivity (Wildman–Crippen MR) is 161 cm³/mol. The Morgan fingerprint density at radius 1 is 0.707 bits per heavy atom. The van der Waals surface area contributed by atoms with E-state index in [-0.39, 0.29) is 19.1 Å². The first-order valence-corrected chi connectivity index (χ1v) is 14.6. The number of thiophene rings is 1. The van der Waals surface area contributed by atoms with E-state index in [1.54, 1.807) is 11.0 Å². The van der Waals surface area contributed by atoms with Crippen molar-refractivity contribution in [1.82, 2.24) is 4.90 Å². The van der Waals surface area contributed by atoms with Crippen LogP contribution in [-0.4, -0.2) is 48.3 Å². The molecule has 2 heterocycles. The summed E-state index contributed by atoms with van der Waals surface area (Å²) in [6, 6.07) is 33.2. The van der Waals surface area contributed by atoms with E-state index in [2.05, 4.69) is 6.58 Å². The van der Waals surface area contributed by atoms with Crippen molar-refractivity contribution in [3.63, 3.8) is 0 Å². The van der Waals surface area contributed by atoms with Crippen LogP contribution in [0.5, 0.6) is 5.06 Å². The average molecular weight is 570 g/mol. The van der Waals surface area contributed by atoms with Gasteiger partial charge in [0.25, 0.3) is 5.91 Å². The maximum absolute atomic E-state index is 14.1. The topological polar surface area (TPSA) is 57.2 Å². The summed E-state index contributed by atoms with van der Waals surface area (Å²) in [4.78, 5) is 15.9. The first-order chi connectivity index (χ1) is 20.2. The normalized spacial score (nSPS) is 20.6. The van der Waals surface area contributed by atoms with Crippen LogP contribution >= 0.6 is 11.3 Å². The first-order valence-electron chi connectivity index (χ1n) is 13.8. The number of hydrogen-bond acceptors (Lipinski definition) is 6. The molecule has 4 aromatic rings. The zero-order valence-corrected chi connectivity index (χ0v) is 23.7. The lowest BCUT2D eigenvalue weighted by molar-refractivity contribution is -0.210. The van der Waals surface area contributed by atoms with E-state index < -0.39 is 24.4 Å². The fourth-order valence-electron chi connectivity index (χ4n) is 4.95. The van der Waals surface area contributed by atoms with Gasteiger partial charge in [-0.3, -0.25) is 4.79 Å². The summed E-state index contributed by atoms with van der Waals surface area (Å²) in [5.41, 5.74) is 3.01. The standard InChI is InChI=1S/C34H35NO5S/c1-2-20-35-29(25-37-30-19-12-21-41-30)31(38-22-26-13-6-3-7-14-26)32(39-23-27-15-8-4-9-16-27)33(34(35)36)40-24-28-17-10-5-11-18-28/h2-19,21,29,31-33H,1,20,22-25H2/t29-,31-,32-,33-/m1/s1. The molecule has 5 rings (SSSR count). The molecule has 1 aromatic heterocycles. The molecule has 41 heavy (non-hydrogen) atoms. The van der Waals surface area contributed by atoms with Gasteiger partial charge < -0.3 is 23.8 Å². The summed E-state index contributed by atoms with van der Waals surface area (Å²) in [6.45, 7) is 5.44. The molecule has 0 bridgehead atoms. The summed E-state index contributed by atoms with van der Waals surface area (Å²) < 4.78 is 25.8. The molecule has 1 aliphatic rings. The number of benzene rings is 3. The Kier molecular flexibility index (Phi) is 10.4. The lowest BCUT2D eigenvalue weighted by Crippen LogP contribution is -2.67. The van der Waals surface area contributed by atoms with Crippen LogP contribution in [-0.2, 0) is 38.8 Å². The van der Waals surface area contributed by atoms with Crippen molar-refractivity contribution in [2.24, 2.45) is 0 Å². The van der Waals surface area contributed by atoms with E-state index in [4.69, 9.17) is 18.9 Å². The predicted octanol–water partition coefficient (Wildman–Crippen LogP) is 6.28. The lowest BCUT2D eigenvalue weighted by atomic mass is 9.92. The molecule has 0 saturated carbocycles. The number of ether oxygens (including phenoxy) is 4. The van der Waals surface area contributed by atoms with Gasteiger partial charge in [0.2, 0.25) is 0 Å². The second kappa shape index (κ2) is 14.8. The van der Waals surface area contributed by atoms with Crippen LogP contribution in [0.4, 0.5) is 0 Å². The smallest absolute Gasteiger partial charge is 0.255 e. The molecule has 7 heteroatoms. The number of amides is 1. The van der Waals surface area contributed by atoms with Crippen molar-refractivity contribution in [2.45, 2.75) is 44.2 Å². The van der Waals surface area contributed by atoms with E-state index in [0.717, 1.165) is 21.8 Å². The molecule has 212 valence electrons. The summed E-state index contributed by atoms with van der Waals surface area (Å²) >= 11 is 1.51. The SMILES string of the molecule is C=CCN1C(=O)[C@H](OCc2ccccc2)[C@H](OCc2ccccc2)[C@H](OCc2ccccc2)[C@H]1COc1cccs1. The minimum Gasteiger partial charge on any atom is -0.482 e. The van der Waals surface area contributed by atoms with Gasteiger partial charge in [-0.25, -0.2) is 0 Å². The van der Waals surface area contributed by atoms with E-state index >= 15 is 0 Å². The largest absolute Gasteiger partial charge is 0.482 e. The monoisotopic (exact) mass is 569 g/mol. The van der Waals surface area contributed by atoms with Gasteiger partial charge in [0.15, 0.2) is 11.2 Å². The highest BCUT2D eigenvalue weighted by Gasteiger charge is 2.51. The second-order valence-electron chi connectivity index (χ2n) is 9.83. The summed E-state index contributed by atoms with van der Waals surface area (Å²) in [7, 11) is 0. The zero-order valence-electron chi connectivity index (χ0n) is 22.9. The molecule has 3 aromatic carbocycles. The lowest BCUT2D eigenvalue weighted by Gasteiger charge is -2.47. The highest BCUT2D eigenvalue weighted by atomic mass is 32.1. The van der Waals surface area contributed by atoms with Gasteiger partial charge in [-0.15, -0.1) is 17.9 Å². The van der Waals surface area contributed by atoms with Crippen molar-refractivity contribution < 1.29 is 23.7 Å². The Balaban J connectivity index is 1.47. The van der Waals surface area contributed by atoms with Gasteiger partial charge in [-0.2, -0.15) is 0 Å². The summed E-state index contributed by atoms with van der Waals surface area (Å²) in [6.07, 6.45) is -0.355. The Morgan fingerprint density at radius 3 is 1.76 bits per heavy atom. The van der Waals surface area contributed by atoms with Gasteiger partial charge in [-0.1, -0.05) is 97.1 Å². The minimum atomic E-state index is -0.877. The van der Waals surface area contributed by atoms with E-state index in [0.29, 0.717) is 19.8 Å². The second-order valence-corrected chi connectivity index (χ2v) is 10.7. The average Bonchev–Trinajstić information content (AvgIpc) is 3.54. The van der Waals surface area contributed by atoms with Gasteiger partial charge in [0.1, 0.15) is 18.8 Å². The number of rotatable bonds is 14. The highest BCUT2D eigenvalue weighted by molar-refractivity contribution is 7.11. The van der Waals surface area contributed by atoms with Crippen LogP contribution in [0.25, 0.3) is 0 Å². The van der Waals surface area contributed by atoms with Crippen molar-refractivity contribution in [2.75, 3.05) is 13.2 Å². The van der Waals surface area contributed by atoms with Crippen LogP contribution in [0.2, 0.25) is 0 Å². The molecular weight excluding hydrogens is 534 g/mol. The molecule has 0 N–H and O–H groups in total. The molecular formula is C34H35NO5S. The molecule has 1 fully saturated rings. The van der Waals surface area contributed by atoms with E-state index in [9.17, 15) is 4.79 Å². The molecule has 0 aliphatic carbocycles. The molecule has 4 atom stereocenters. The first kappa shape index (κ1) is 28.8. The number of hydrogen-bond donors (Lipinski definition) is 0. The maximum atomic E-state index is 14.1. The van der Waals surface area contributed by atoms with Crippen molar-refractivity contribution in [1.29, 1.82) is 0 Å². The number of carbonyl (C=O) groups is 1. The number of likely N-dealkylation sites (tertiary alicyclic amines) is 1. The maximum Gasteiger partial charge on any atom is 0.255 e. The Morgan fingerprint density at radius 2 is 1.24 bits per heavy atom. The fraction of sp³-hybridized carbons (Fsp3) is 0.265. The molecule has 1 saturated heterocycles. The third-order valence-electron chi connectivity index (χ3n) is 6.99. The Hall–Kier alpha value is -3.75. The molecule has 6 nitrogen and oxygen atoms in total. The van der Waals surface area contributed by atoms with Crippen molar-refractivity contribution in [3.8, 4) is 5.06 Å². The quantitative estimate of drug-likeness (QED) is 0.167. The number of piperidine rings is 1. The third kappa shape index (κ3) is 7.71. The van der Waals surface area contributed by atoms with Crippen LogP contribution in [0.1, 0.15) is 16.7 Å². The van der Waals surface area contributed by atoms with Crippen LogP contribution < -0.4 is 4.74 Å². The van der Waals surface area contributed by atoms with Gasteiger partial charge >= 0.3 is 0 Å². The highest BCUT2D eigenvalue weighted by Crippen LogP contribution is 2.31. The Bertz CT molecular complexity index is 1330. The number of nitrogens with zero attached hydrogens (tertiary/aromatic N) is 1. The van der Waals surface area contributed by atoms with Gasteiger partial charge in [0, 0.05) is 6.54 Å². The molecule has 1 amide bonds. The fourth-order valence-corrected chi connectivity index (χ4v) is 5.53. The minimum absolute atomic E-state index is 0.168. The van der Waals surface area contributed by atoms with Crippen LogP contribution in [0.15, 0.2) is 121 Å². The molecule has 0 unspecified atom stereocenters. The van der Waals surface area contributed by atoms with Crippen molar-refractivity contribution in [3.05, 3.63) is 138 Å². The van der Waals surface area contributed by atoms with Gasteiger partial charge in [0.05, 0.1) is 25.9 Å². The molecule has 0 radical (unpaired) electrons. The van der Waals surface area contributed by atoms with Crippen LogP contribution in [0.3, 0.4) is 0 Å². The van der Waals surface area contributed by atoms with Crippen molar-refractivity contribution >= 4 is 17.2 Å². The third-order valence-corrected chi connectivity index (χ3v) is 7.77. The van der Waals surface area contributed by atoms with Gasteiger partial charge in [-0.05, 0) is 34.2 Å².